The van der Waals surface area contributed by atoms with Gasteiger partial charge >= 0.3 is 0 Å². The second-order valence-corrected chi connectivity index (χ2v) is 8.27. The van der Waals surface area contributed by atoms with Gasteiger partial charge in [0.1, 0.15) is 11.3 Å². The monoisotopic (exact) mass is 419 g/mol. The molecule has 1 N–H and O–H groups in total. The lowest BCUT2D eigenvalue weighted by atomic mass is 10.1. The van der Waals surface area contributed by atoms with Crippen LogP contribution in [0.1, 0.15) is 39.6 Å². The molecule has 0 saturated heterocycles. The largest absolute Gasteiger partial charge is 0.358 e. The van der Waals surface area contributed by atoms with Gasteiger partial charge in [0.15, 0.2) is 11.5 Å². The third kappa shape index (κ3) is 4.41. The summed E-state index contributed by atoms with van der Waals surface area (Å²) in [7, 11) is 0. The summed E-state index contributed by atoms with van der Waals surface area (Å²) in [6, 6.07) is -0.0916. The SMILES string of the molecule is CCSc1cnc(CNc2nc3cnc(Cl)nc3n([C@@H](C)C(C)C)c2=O)nc1. The molecule has 8 nitrogen and oxygen atoms in total. The molecule has 0 bridgehead atoms. The van der Waals surface area contributed by atoms with Gasteiger partial charge in [-0.25, -0.2) is 19.9 Å². The van der Waals surface area contributed by atoms with Crippen LogP contribution in [0.4, 0.5) is 5.82 Å². The maximum absolute atomic E-state index is 13.1. The van der Waals surface area contributed by atoms with Gasteiger partial charge in [0.25, 0.3) is 5.56 Å². The van der Waals surface area contributed by atoms with Gasteiger partial charge in [-0.05, 0) is 30.2 Å². The Bertz CT molecular complexity index is 1020. The average Bonchev–Trinajstić information content (AvgIpc) is 2.67. The number of rotatable bonds is 7. The molecule has 3 aromatic heterocycles. The number of aromatic nitrogens is 6. The van der Waals surface area contributed by atoms with Gasteiger partial charge in [0, 0.05) is 23.3 Å². The van der Waals surface area contributed by atoms with E-state index in [1.165, 1.54) is 6.20 Å². The van der Waals surface area contributed by atoms with Gasteiger partial charge in [-0.3, -0.25) is 9.36 Å². The quantitative estimate of drug-likeness (QED) is 0.458. The lowest BCUT2D eigenvalue weighted by molar-refractivity contribution is 0.406. The fourth-order valence-corrected chi connectivity index (χ4v) is 3.33. The van der Waals surface area contributed by atoms with Crippen LogP contribution >= 0.6 is 23.4 Å². The van der Waals surface area contributed by atoms with Crippen LogP contribution in [-0.4, -0.2) is 35.2 Å². The molecule has 0 unspecified atom stereocenters. The Balaban J connectivity index is 1.96. The van der Waals surface area contributed by atoms with Crippen molar-refractivity contribution in [1.82, 2.24) is 29.5 Å². The van der Waals surface area contributed by atoms with Crippen molar-refractivity contribution in [3.05, 3.63) is 40.1 Å². The minimum Gasteiger partial charge on any atom is -0.358 e. The first-order chi connectivity index (χ1) is 13.4. The van der Waals surface area contributed by atoms with E-state index in [1.807, 2.05) is 20.8 Å². The zero-order valence-corrected chi connectivity index (χ0v) is 17.8. The number of thioether (sulfide) groups is 1. The molecule has 3 aromatic rings. The highest BCUT2D eigenvalue weighted by Crippen LogP contribution is 2.21. The molecule has 0 amide bonds. The highest BCUT2D eigenvalue weighted by molar-refractivity contribution is 7.99. The Labute approximate surface area is 172 Å². The summed E-state index contributed by atoms with van der Waals surface area (Å²) in [4.78, 5) is 35.4. The summed E-state index contributed by atoms with van der Waals surface area (Å²) >= 11 is 7.62. The first-order valence-electron chi connectivity index (χ1n) is 9.03. The number of hydrogen-bond donors (Lipinski definition) is 1. The molecule has 0 aromatic carbocycles. The predicted molar refractivity (Wildman–Crippen MR) is 112 cm³/mol. The van der Waals surface area contributed by atoms with E-state index >= 15 is 0 Å². The van der Waals surface area contributed by atoms with E-state index in [0.717, 1.165) is 10.6 Å². The van der Waals surface area contributed by atoms with Crippen molar-refractivity contribution in [1.29, 1.82) is 0 Å². The van der Waals surface area contributed by atoms with Gasteiger partial charge in [-0.1, -0.05) is 20.8 Å². The van der Waals surface area contributed by atoms with Crippen LogP contribution in [0.2, 0.25) is 5.28 Å². The van der Waals surface area contributed by atoms with Gasteiger partial charge in [0.2, 0.25) is 5.28 Å². The van der Waals surface area contributed by atoms with Crippen LogP contribution < -0.4 is 10.9 Å². The summed E-state index contributed by atoms with van der Waals surface area (Å²) < 4.78 is 1.62. The molecule has 0 aliphatic carbocycles. The van der Waals surface area contributed by atoms with Crippen LogP contribution in [0.5, 0.6) is 0 Å². The second kappa shape index (κ2) is 8.83. The number of anilines is 1. The maximum atomic E-state index is 13.1. The van der Waals surface area contributed by atoms with Gasteiger partial charge in [0.05, 0.1) is 12.7 Å². The van der Waals surface area contributed by atoms with Gasteiger partial charge in [-0.2, -0.15) is 4.98 Å². The highest BCUT2D eigenvalue weighted by atomic mass is 35.5. The second-order valence-electron chi connectivity index (χ2n) is 6.59. The Morgan fingerprint density at radius 3 is 2.50 bits per heavy atom. The summed E-state index contributed by atoms with van der Waals surface area (Å²) in [6.45, 7) is 8.42. The normalized spacial score (nSPS) is 12.5. The third-order valence-electron chi connectivity index (χ3n) is 4.38. The summed E-state index contributed by atoms with van der Waals surface area (Å²) in [6.07, 6.45) is 5.08. The number of halogens is 1. The Hall–Kier alpha value is -2.26. The summed E-state index contributed by atoms with van der Waals surface area (Å²) in [5.41, 5.74) is 0.658. The van der Waals surface area contributed by atoms with Crippen LogP contribution in [-0.2, 0) is 6.54 Å². The number of hydrogen-bond acceptors (Lipinski definition) is 8. The highest BCUT2D eigenvalue weighted by Gasteiger charge is 2.19. The minimum absolute atomic E-state index is 0.0811. The molecule has 10 heteroatoms. The molecule has 148 valence electrons. The van der Waals surface area contributed by atoms with Crippen molar-refractivity contribution in [2.45, 2.75) is 45.2 Å². The van der Waals surface area contributed by atoms with Crippen LogP contribution in [0, 0.1) is 5.92 Å². The minimum atomic E-state index is -0.262. The Morgan fingerprint density at radius 2 is 1.86 bits per heavy atom. The zero-order valence-electron chi connectivity index (χ0n) is 16.2. The molecule has 3 heterocycles. The van der Waals surface area contributed by atoms with Crippen LogP contribution in [0.3, 0.4) is 0 Å². The Morgan fingerprint density at radius 1 is 1.14 bits per heavy atom. The maximum Gasteiger partial charge on any atom is 0.295 e. The summed E-state index contributed by atoms with van der Waals surface area (Å²) in [5.74, 6) is 1.97. The number of nitrogens with zero attached hydrogens (tertiary/aromatic N) is 6. The molecular weight excluding hydrogens is 398 g/mol. The van der Waals surface area contributed by atoms with Crippen molar-refractivity contribution >= 4 is 40.3 Å². The Kier molecular flexibility index (Phi) is 6.46. The lowest BCUT2D eigenvalue weighted by Crippen LogP contribution is -2.30. The van der Waals surface area contributed by atoms with E-state index in [0.29, 0.717) is 17.0 Å². The van der Waals surface area contributed by atoms with Gasteiger partial charge < -0.3 is 5.32 Å². The fraction of sp³-hybridized carbons (Fsp3) is 0.444. The average molecular weight is 420 g/mol. The molecule has 0 fully saturated rings. The third-order valence-corrected chi connectivity index (χ3v) is 5.40. The molecule has 28 heavy (non-hydrogen) atoms. The van der Waals surface area contributed by atoms with Crippen molar-refractivity contribution in [3.63, 3.8) is 0 Å². The van der Waals surface area contributed by atoms with E-state index < -0.39 is 0 Å². The molecule has 1 atom stereocenters. The summed E-state index contributed by atoms with van der Waals surface area (Å²) in [5, 5.41) is 3.14. The molecule has 0 radical (unpaired) electrons. The lowest BCUT2D eigenvalue weighted by Gasteiger charge is -2.21. The number of nitrogens with one attached hydrogen (secondary N) is 1. The van der Waals surface area contributed by atoms with Crippen molar-refractivity contribution in [3.8, 4) is 0 Å². The first-order valence-corrected chi connectivity index (χ1v) is 10.4. The zero-order chi connectivity index (χ0) is 20.3. The molecule has 3 rings (SSSR count). The molecule has 0 aliphatic heterocycles. The number of fused-ring (bicyclic) bond motifs is 1. The standard InChI is InChI=1S/C18H22ClN7OS/c1-5-28-12-6-20-14(21-7-12)9-22-15-17(27)26(11(4)10(2)3)16-13(24-15)8-23-18(19)25-16/h6-8,10-11H,5,9H2,1-4H3,(H,22,24)/t11-/m0/s1. The van der Waals surface area contributed by atoms with E-state index in [-0.39, 0.29) is 35.2 Å². The molecule has 0 saturated carbocycles. The topological polar surface area (TPSA) is 98.5 Å². The van der Waals surface area contributed by atoms with E-state index in [9.17, 15) is 4.79 Å². The molecule has 0 aliphatic rings. The first kappa shape index (κ1) is 20.5. The van der Waals surface area contributed by atoms with Crippen molar-refractivity contribution in [2.24, 2.45) is 5.92 Å². The van der Waals surface area contributed by atoms with E-state index in [4.69, 9.17) is 11.6 Å². The van der Waals surface area contributed by atoms with E-state index in [2.05, 4.69) is 37.2 Å². The van der Waals surface area contributed by atoms with Crippen LogP contribution in [0.15, 0.2) is 28.3 Å². The smallest absolute Gasteiger partial charge is 0.295 e. The molecule has 0 spiro atoms. The molecular formula is C18H22ClN7OS. The predicted octanol–water partition coefficient (Wildman–Crippen LogP) is 3.57. The van der Waals surface area contributed by atoms with Crippen molar-refractivity contribution in [2.75, 3.05) is 11.1 Å². The van der Waals surface area contributed by atoms with Crippen molar-refractivity contribution < 1.29 is 0 Å². The van der Waals surface area contributed by atoms with E-state index in [1.54, 1.807) is 28.7 Å². The van der Waals surface area contributed by atoms with Gasteiger partial charge in [-0.15, -0.1) is 11.8 Å². The fourth-order valence-electron chi connectivity index (χ4n) is 2.61. The van der Waals surface area contributed by atoms with Crippen LogP contribution in [0.25, 0.3) is 11.2 Å².